The van der Waals surface area contributed by atoms with Crippen LogP contribution < -0.4 is 10.6 Å². The van der Waals surface area contributed by atoms with Crippen molar-refractivity contribution in [2.75, 3.05) is 32.9 Å². The summed E-state index contributed by atoms with van der Waals surface area (Å²) in [6.07, 6.45) is 5.77. The van der Waals surface area contributed by atoms with Gasteiger partial charge in [-0.25, -0.2) is 4.99 Å². The van der Waals surface area contributed by atoms with E-state index in [9.17, 15) is 0 Å². The van der Waals surface area contributed by atoms with E-state index in [4.69, 9.17) is 9.47 Å². The maximum atomic E-state index is 5.68. The van der Waals surface area contributed by atoms with Gasteiger partial charge >= 0.3 is 0 Å². The Balaban J connectivity index is 0.00000364. The Bertz CT molecular complexity index is 546. The third-order valence-corrected chi connectivity index (χ3v) is 4.48. The average molecular weight is 494 g/mol. The molecule has 1 aromatic heterocycles. The van der Waals surface area contributed by atoms with Crippen LogP contribution in [-0.2, 0) is 23.1 Å². The second-order valence-electron chi connectivity index (χ2n) is 6.65. The van der Waals surface area contributed by atoms with Crippen LogP contribution in [0.1, 0.15) is 50.7 Å². The van der Waals surface area contributed by atoms with E-state index in [1.165, 1.54) is 6.42 Å². The highest BCUT2D eigenvalue weighted by Crippen LogP contribution is 2.10. The lowest BCUT2D eigenvalue weighted by molar-refractivity contribution is 0.113. The van der Waals surface area contributed by atoms with Crippen LogP contribution >= 0.6 is 24.0 Å². The molecular weight excluding hydrogens is 459 g/mol. The first kappa shape index (κ1) is 24.1. The molecule has 1 atom stereocenters. The molecule has 1 unspecified atom stereocenters. The summed E-state index contributed by atoms with van der Waals surface area (Å²) in [5.41, 5.74) is 0. The number of guanidine groups is 1. The number of hydrogen-bond donors (Lipinski definition) is 2. The van der Waals surface area contributed by atoms with Gasteiger partial charge in [0.25, 0.3) is 0 Å². The summed E-state index contributed by atoms with van der Waals surface area (Å²) in [6.45, 7) is 8.68. The van der Waals surface area contributed by atoms with E-state index in [0.29, 0.717) is 6.54 Å². The summed E-state index contributed by atoms with van der Waals surface area (Å²) >= 11 is 0. The highest BCUT2D eigenvalue weighted by molar-refractivity contribution is 14.0. The lowest BCUT2D eigenvalue weighted by Crippen LogP contribution is -2.41. The summed E-state index contributed by atoms with van der Waals surface area (Å²) in [6, 6.07) is 0. The average Bonchev–Trinajstić information content (AvgIpc) is 3.27. The minimum absolute atomic E-state index is 0. The SMILES string of the molecule is CCCCOCCCNC(=NCc1nnc(C)n1C)NCC1CCCO1.I. The molecule has 156 valence electrons. The molecule has 1 aliphatic rings. The van der Waals surface area contributed by atoms with Crippen molar-refractivity contribution < 1.29 is 9.47 Å². The van der Waals surface area contributed by atoms with Crippen molar-refractivity contribution in [1.29, 1.82) is 0 Å². The largest absolute Gasteiger partial charge is 0.381 e. The van der Waals surface area contributed by atoms with Gasteiger partial charge in [-0.05, 0) is 32.6 Å². The van der Waals surface area contributed by atoms with Crippen LogP contribution in [0.3, 0.4) is 0 Å². The Morgan fingerprint density at radius 1 is 1.30 bits per heavy atom. The quantitative estimate of drug-likeness (QED) is 0.212. The van der Waals surface area contributed by atoms with Crippen LogP contribution in [0, 0.1) is 6.92 Å². The number of aryl methyl sites for hydroxylation is 1. The minimum Gasteiger partial charge on any atom is -0.381 e. The van der Waals surface area contributed by atoms with E-state index in [2.05, 4.69) is 32.7 Å². The number of hydrogen-bond acceptors (Lipinski definition) is 5. The van der Waals surface area contributed by atoms with E-state index in [1.807, 2.05) is 18.5 Å². The van der Waals surface area contributed by atoms with Gasteiger partial charge in [0, 0.05) is 40.0 Å². The smallest absolute Gasteiger partial charge is 0.191 e. The van der Waals surface area contributed by atoms with Crippen molar-refractivity contribution in [3.63, 3.8) is 0 Å². The molecule has 0 aliphatic carbocycles. The normalized spacial score (nSPS) is 17.0. The molecule has 27 heavy (non-hydrogen) atoms. The molecular formula is C18H35IN6O2. The second-order valence-corrected chi connectivity index (χ2v) is 6.65. The fourth-order valence-corrected chi connectivity index (χ4v) is 2.66. The van der Waals surface area contributed by atoms with Gasteiger partial charge in [0.15, 0.2) is 11.8 Å². The molecule has 8 nitrogen and oxygen atoms in total. The molecule has 1 fully saturated rings. The van der Waals surface area contributed by atoms with Crippen molar-refractivity contribution in [2.24, 2.45) is 12.0 Å². The molecule has 0 aromatic carbocycles. The van der Waals surface area contributed by atoms with Crippen LogP contribution in [0.25, 0.3) is 0 Å². The van der Waals surface area contributed by atoms with Crippen molar-refractivity contribution in [3.05, 3.63) is 11.6 Å². The standard InChI is InChI=1S/C18H34N6O2.HI/c1-4-5-10-25-11-7-9-19-18(20-13-16-8-6-12-26-16)21-14-17-23-22-15(2)24(17)3;/h16H,4-14H2,1-3H3,(H2,19,20,21);1H. The lowest BCUT2D eigenvalue weighted by Gasteiger charge is -2.15. The molecule has 2 N–H and O–H groups in total. The van der Waals surface area contributed by atoms with E-state index < -0.39 is 0 Å². The van der Waals surface area contributed by atoms with Crippen molar-refractivity contribution in [2.45, 2.75) is 58.6 Å². The van der Waals surface area contributed by atoms with Crippen LogP contribution in [0.5, 0.6) is 0 Å². The third-order valence-electron chi connectivity index (χ3n) is 4.48. The molecule has 0 saturated carbocycles. The number of aromatic nitrogens is 3. The zero-order valence-corrected chi connectivity index (χ0v) is 19.2. The van der Waals surface area contributed by atoms with Gasteiger partial charge in [-0.3, -0.25) is 0 Å². The molecule has 0 bridgehead atoms. The molecule has 0 amide bonds. The number of halogens is 1. The first-order valence-electron chi connectivity index (χ1n) is 9.77. The Hall–Kier alpha value is -0.940. The molecule has 1 aromatic rings. The maximum absolute atomic E-state index is 5.68. The Labute approximate surface area is 179 Å². The van der Waals surface area contributed by atoms with Crippen molar-refractivity contribution in [1.82, 2.24) is 25.4 Å². The summed E-state index contributed by atoms with van der Waals surface area (Å²) in [5.74, 6) is 2.53. The van der Waals surface area contributed by atoms with Gasteiger partial charge in [-0.15, -0.1) is 34.2 Å². The fourth-order valence-electron chi connectivity index (χ4n) is 2.66. The fraction of sp³-hybridized carbons (Fsp3) is 0.833. The molecule has 9 heteroatoms. The number of unbranched alkanes of at least 4 members (excludes halogenated alkanes) is 1. The lowest BCUT2D eigenvalue weighted by atomic mass is 10.2. The van der Waals surface area contributed by atoms with E-state index in [0.717, 1.165) is 76.2 Å². The van der Waals surface area contributed by atoms with Gasteiger partial charge in [-0.1, -0.05) is 13.3 Å². The third kappa shape index (κ3) is 9.20. The minimum atomic E-state index is 0. The summed E-state index contributed by atoms with van der Waals surface area (Å²) < 4.78 is 13.2. The predicted octanol–water partition coefficient (Wildman–Crippen LogP) is 2.16. The van der Waals surface area contributed by atoms with E-state index in [-0.39, 0.29) is 30.1 Å². The van der Waals surface area contributed by atoms with Gasteiger partial charge in [0.05, 0.1) is 6.10 Å². The van der Waals surface area contributed by atoms with Crippen LogP contribution in [0.15, 0.2) is 4.99 Å². The second kappa shape index (κ2) is 14.1. The van der Waals surface area contributed by atoms with Gasteiger partial charge in [0.1, 0.15) is 12.4 Å². The molecule has 0 spiro atoms. The highest BCUT2D eigenvalue weighted by Gasteiger charge is 2.15. The van der Waals surface area contributed by atoms with Gasteiger partial charge in [-0.2, -0.15) is 0 Å². The number of aliphatic imine (C=N–C) groups is 1. The summed E-state index contributed by atoms with van der Waals surface area (Å²) in [7, 11) is 1.96. The Morgan fingerprint density at radius 3 is 2.78 bits per heavy atom. The van der Waals surface area contributed by atoms with Gasteiger partial charge < -0.3 is 24.7 Å². The molecule has 0 radical (unpaired) electrons. The van der Waals surface area contributed by atoms with Crippen molar-refractivity contribution in [3.8, 4) is 0 Å². The zero-order valence-electron chi connectivity index (χ0n) is 16.9. The maximum Gasteiger partial charge on any atom is 0.191 e. The first-order valence-corrected chi connectivity index (χ1v) is 9.77. The molecule has 2 rings (SSSR count). The summed E-state index contributed by atoms with van der Waals surface area (Å²) in [4.78, 5) is 4.65. The highest BCUT2D eigenvalue weighted by atomic mass is 127. The first-order chi connectivity index (χ1) is 12.7. The molecule has 1 saturated heterocycles. The number of ether oxygens (including phenoxy) is 2. The molecule has 1 aliphatic heterocycles. The number of nitrogens with zero attached hydrogens (tertiary/aromatic N) is 4. The van der Waals surface area contributed by atoms with E-state index in [1.54, 1.807) is 0 Å². The van der Waals surface area contributed by atoms with Crippen molar-refractivity contribution >= 4 is 29.9 Å². The summed E-state index contributed by atoms with van der Waals surface area (Å²) in [5, 5.41) is 15.0. The van der Waals surface area contributed by atoms with Crippen LogP contribution in [0.4, 0.5) is 0 Å². The monoisotopic (exact) mass is 494 g/mol. The molecule has 2 heterocycles. The number of nitrogens with one attached hydrogen (secondary N) is 2. The Kier molecular flexibility index (Phi) is 12.6. The zero-order chi connectivity index (χ0) is 18.6. The Morgan fingerprint density at radius 2 is 2.11 bits per heavy atom. The van der Waals surface area contributed by atoms with Gasteiger partial charge in [0.2, 0.25) is 0 Å². The topological polar surface area (TPSA) is 85.6 Å². The predicted molar refractivity (Wildman–Crippen MR) is 118 cm³/mol. The number of rotatable bonds is 11. The van der Waals surface area contributed by atoms with Crippen LogP contribution in [0.2, 0.25) is 0 Å². The van der Waals surface area contributed by atoms with E-state index >= 15 is 0 Å². The van der Waals surface area contributed by atoms with Crippen LogP contribution in [-0.4, -0.2) is 59.7 Å².